The number of rotatable bonds is 4. The van der Waals surface area contributed by atoms with Gasteiger partial charge in [-0.2, -0.15) is 11.8 Å². The number of hydrogen-bond donors (Lipinski definition) is 1. The summed E-state index contributed by atoms with van der Waals surface area (Å²) < 4.78 is 22.1. The standard InChI is InChI=1S/C9H19NO2S2/c1-7(6-14(3,11)12)10-9-4-5-13-8(9)2/h7-10H,4-6H2,1-3H3. The summed E-state index contributed by atoms with van der Waals surface area (Å²) in [6.45, 7) is 4.14. The normalized spacial score (nSPS) is 30.5. The molecule has 1 heterocycles. The van der Waals surface area contributed by atoms with E-state index in [9.17, 15) is 8.42 Å². The third-order valence-corrected chi connectivity index (χ3v) is 4.86. The Balaban J connectivity index is 2.37. The zero-order valence-electron chi connectivity index (χ0n) is 8.99. The molecule has 1 N–H and O–H groups in total. The van der Waals surface area contributed by atoms with Crippen molar-refractivity contribution in [2.45, 2.75) is 37.6 Å². The molecule has 1 fully saturated rings. The summed E-state index contributed by atoms with van der Waals surface area (Å²) in [5, 5.41) is 3.99. The molecular weight excluding hydrogens is 218 g/mol. The van der Waals surface area contributed by atoms with Crippen LogP contribution in [0, 0.1) is 0 Å². The van der Waals surface area contributed by atoms with Gasteiger partial charge in [-0.25, -0.2) is 8.42 Å². The Hall–Kier alpha value is 0.260. The molecule has 1 saturated heterocycles. The summed E-state index contributed by atoms with van der Waals surface area (Å²) in [4.78, 5) is 0. The molecule has 0 amide bonds. The molecule has 84 valence electrons. The van der Waals surface area contributed by atoms with Gasteiger partial charge in [0.25, 0.3) is 0 Å². The Morgan fingerprint density at radius 1 is 1.57 bits per heavy atom. The van der Waals surface area contributed by atoms with Crippen LogP contribution >= 0.6 is 11.8 Å². The van der Waals surface area contributed by atoms with Crippen molar-refractivity contribution >= 4 is 21.6 Å². The molecule has 14 heavy (non-hydrogen) atoms. The number of thioether (sulfide) groups is 1. The highest BCUT2D eigenvalue weighted by Gasteiger charge is 2.25. The van der Waals surface area contributed by atoms with E-state index in [1.54, 1.807) is 0 Å². The van der Waals surface area contributed by atoms with Crippen LogP contribution in [0.3, 0.4) is 0 Å². The van der Waals surface area contributed by atoms with Crippen LogP contribution < -0.4 is 5.32 Å². The lowest BCUT2D eigenvalue weighted by Crippen LogP contribution is -2.42. The predicted octanol–water partition coefficient (Wildman–Crippen LogP) is 0.903. The Labute approximate surface area is 91.0 Å². The van der Waals surface area contributed by atoms with Gasteiger partial charge in [0.05, 0.1) is 5.75 Å². The van der Waals surface area contributed by atoms with Crippen molar-refractivity contribution < 1.29 is 8.42 Å². The van der Waals surface area contributed by atoms with Gasteiger partial charge in [0.15, 0.2) is 0 Å². The van der Waals surface area contributed by atoms with Crippen LogP contribution in [-0.2, 0) is 9.84 Å². The van der Waals surface area contributed by atoms with Crippen LogP contribution in [0.4, 0.5) is 0 Å². The van der Waals surface area contributed by atoms with Gasteiger partial charge in [-0.1, -0.05) is 6.92 Å². The molecule has 0 aliphatic carbocycles. The fraction of sp³-hybridized carbons (Fsp3) is 1.00. The summed E-state index contributed by atoms with van der Waals surface area (Å²) in [7, 11) is -2.85. The highest BCUT2D eigenvalue weighted by molar-refractivity contribution is 8.00. The summed E-state index contributed by atoms with van der Waals surface area (Å²) in [6, 6.07) is 0.549. The molecule has 0 aromatic heterocycles. The fourth-order valence-corrected chi connectivity index (χ4v) is 4.03. The minimum absolute atomic E-state index is 0.0659. The first kappa shape index (κ1) is 12.3. The fourth-order valence-electron chi connectivity index (χ4n) is 1.82. The second kappa shape index (κ2) is 4.86. The van der Waals surface area contributed by atoms with Crippen molar-refractivity contribution in [1.29, 1.82) is 0 Å². The molecule has 3 nitrogen and oxygen atoms in total. The van der Waals surface area contributed by atoms with Crippen LogP contribution in [0.15, 0.2) is 0 Å². The van der Waals surface area contributed by atoms with Crippen molar-refractivity contribution in [3.05, 3.63) is 0 Å². The first-order valence-corrected chi connectivity index (χ1v) is 8.05. The maximum absolute atomic E-state index is 11.1. The molecule has 0 radical (unpaired) electrons. The lowest BCUT2D eigenvalue weighted by molar-refractivity contribution is 0.461. The molecule has 0 aromatic rings. The molecule has 0 aromatic carbocycles. The van der Waals surface area contributed by atoms with Gasteiger partial charge in [-0.05, 0) is 19.1 Å². The molecule has 5 heteroatoms. The average Bonchev–Trinajstić information content (AvgIpc) is 2.32. The van der Waals surface area contributed by atoms with Gasteiger partial charge in [-0.3, -0.25) is 0 Å². The summed E-state index contributed by atoms with van der Waals surface area (Å²) in [6.07, 6.45) is 2.44. The third-order valence-electron chi connectivity index (χ3n) is 2.43. The van der Waals surface area contributed by atoms with Crippen LogP contribution in [0.25, 0.3) is 0 Å². The minimum atomic E-state index is -2.85. The highest BCUT2D eigenvalue weighted by Crippen LogP contribution is 2.26. The topological polar surface area (TPSA) is 46.2 Å². The molecule has 1 aliphatic rings. The lowest BCUT2D eigenvalue weighted by Gasteiger charge is -2.21. The van der Waals surface area contributed by atoms with Crippen LogP contribution in [-0.4, -0.2) is 43.5 Å². The average molecular weight is 237 g/mol. The van der Waals surface area contributed by atoms with Crippen molar-refractivity contribution in [3.8, 4) is 0 Å². The van der Waals surface area contributed by atoms with E-state index in [0.717, 1.165) is 6.42 Å². The number of sulfone groups is 1. The van der Waals surface area contributed by atoms with E-state index in [-0.39, 0.29) is 11.8 Å². The molecule has 3 atom stereocenters. The van der Waals surface area contributed by atoms with E-state index in [1.165, 1.54) is 12.0 Å². The van der Waals surface area contributed by atoms with E-state index in [0.29, 0.717) is 11.3 Å². The highest BCUT2D eigenvalue weighted by atomic mass is 32.2. The third kappa shape index (κ3) is 4.19. The second-order valence-electron chi connectivity index (χ2n) is 4.13. The van der Waals surface area contributed by atoms with Crippen molar-refractivity contribution in [1.82, 2.24) is 5.32 Å². The molecular formula is C9H19NO2S2. The Morgan fingerprint density at radius 2 is 2.21 bits per heavy atom. The smallest absolute Gasteiger partial charge is 0.148 e. The minimum Gasteiger partial charge on any atom is -0.309 e. The monoisotopic (exact) mass is 237 g/mol. The second-order valence-corrected chi connectivity index (χ2v) is 7.80. The molecule has 1 aliphatic heterocycles. The SMILES string of the molecule is CC(CS(C)(=O)=O)NC1CCSC1C. The molecule has 0 saturated carbocycles. The van der Waals surface area contributed by atoms with Gasteiger partial charge >= 0.3 is 0 Å². The molecule has 3 unspecified atom stereocenters. The van der Waals surface area contributed by atoms with Gasteiger partial charge < -0.3 is 5.32 Å². The summed E-state index contributed by atoms with van der Waals surface area (Å²) >= 11 is 1.95. The van der Waals surface area contributed by atoms with E-state index >= 15 is 0 Å². The van der Waals surface area contributed by atoms with Crippen LogP contribution in [0.1, 0.15) is 20.3 Å². The van der Waals surface area contributed by atoms with Crippen LogP contribution in [0.5, 0.6) is 0 Å². The zero-order valence-corrected chi connectivity index (χ0v) is 10.6. The zero-order chi connectivity index (χ0) is 10.8. The maximum atomic E-state index is 11.1. The van der Waals surface area contributed by atoms with Crippen LogP contribution in [0.2, 0.25) is 0 Å². The van der Waals surface area contributed by atoms with E-state index in [4.69, 9.17) is 0 Å². The van der Waals surface area contributed by atoms with Crippen molar-refractivity contribution in [3.63, 3.8) is 0 Å². The van der Waals surface area contributed by atoms with Gasteiger partial charge in [0, 0.05) is 23.6 Å². The van der Waals surface area contributed by atoms with Crippen molar-refractivity contribution in [2.24, 2.45) is 0 Å². The van der Waals surface area contributed by atoms with Gasteiger partial charge in [0.1, 0.15) is 9.84 Å². The Bertz CT molecular complexity index is 277. The van der Waals surface area contributed by atoms with Gasteiger partial charge in [0.2, 0.25) is 0 Å². The maximum Gasteiger partial charge on any atom is 0.148 e. The summed E-state index contributed by atoms with van der Waals surface area (Å²) in [5.74, 6) is 1.42. The first-order chi connectivity index (χ1) is 6.38. The number of hydrogen-bond acceptors (Lipinski definition) is 4. The largest absolute Gasteiger partial charge is 0.309 e. The quantitative estimate of drug-likeness (QED) is 0.789. The lowest BCUT2D eigenvalue weighted by atomic mass is 10.1. The Kier molecular flexibility index (Phi) is 4.28. The van der Waals surface area contributed by atoms with Gasteiger partial charge in [-0.15, -0.1) is 0 Å². The first-order valence-electron chi connectivity index (χ1n) is 4.94. The molecule has 1 rings (SSSR count). The van der Waals surface area contributed by atoms with E-state index < -0.39 is 9.84 Å². The van der Waals surface area contributed by atoms with E-state index in [2.05, 4.69) is 12.2 Å². The molecule has 0 bridgehead atoms. The number of nitrogens with one attached hydrogen (secondary N) is 1. The molecule has 0 spiro atoms. The van der Waals surface area contributed by atoms with E-state index in [1.807, 2.05) is 18.7 Å². The predicted molar refractivity (Wildman–Crippen MR) is 62.6 cm³/mol. The summed E-state index contributed by atoms with van der Waals surface area (Å²) in [5.41, 5.74) is 0. The Morgan fingerprint density at radius 3 is 2.64 bits per heavy atom. The van der Waals surface area contributed by atoms with Crippen molar-refractivity contribution in [2.75, 3.05) is 17.8 Å².